The Bertz CT molecular complexity index is 2160. The number of piperidine rings is 1. The van der Waals surface area contributed by atoms with Crippen LogP contribution in [0.5, 0.6) is 11.5 Å². The Hall–Kier alpha value is -4.66. The number of imidazole rings is 2. The van der Waals surface area contributed by atoms with Gasteiger partial charge in [0.05, 0.1) is 54.5 Å². The fraction of sp³-hybridized carbons (Fsp3) is 0.524. The predicted octanol–water partition coefficient (Wildman–Crippen LogP) is 6.10. The van der Waals surface area contributed by atoms with Crippen LogP contribution >= 0.6 is 0 Å². The number of amides is 2. The molecule has 8 rings (SSSR count). The number of nitrogens with one attached hydrogen (secondary N) is 3. The number of aliphatic hydroxyl groups is 1. The van der Waals surface area contributed by atoms with E-state index < -0.39 is 41.8 Å². The standard InChI is InChI=1S/C42H52F2N8O4/c1-19(2)35(45)40(54)51-18-24(43)12-32(51)38-46-16-31(50-38)26-13-34-28(14-29(26)44)42(6,7)27-11-22(8-9-33(27)56-34)30-15-47-39(49-30)37-25-10-23(25)17-52(37)41(55)36(20(3)4)48-21(5)53/h8-9,11,13-16,19-21,23-25,32,35-37,48,53H,10,12,17-18,45H2,1-7H3,(H,46,50)(H,47,49). The van der Waals surface area contributed by atoms with E-state index in [1.54, 1.807) is 19.2 Å². The molecule has 2 aromatic heterocycles. The van der Waals surface area contributed by atoms with Gasteiger partial charge in [-0.1, -0.05) is 41.5 Å². The SMILES string of the molecule is CC(O)NC(C(=O)N1CC2CC2C1c1ncc(-c2ccc3c(c2)C(C)(C)c2cc(F)c(-c4cnc(C5CC(F)CN5C(=O)C(N)C(C)C)[nH]4)cc2O3)[nH]1)C(C)C. The third-order valence-corrected chi connectivity index (χ3v) is 12.3. The summed E-state index contributed by atoms with van der Waals surface area (Å²) in [4.78, 5) is 46.2. The molecule has 2 saturated heterocycles. The van der Waals surface area contributed by atoms with Gasteiger partial charge in [-0.25, -0.2) is 18.7 Å². The van der Waals surface area contributed by atoms with Crippen molar-refractivity contribution in [1.29, 1.82) is 0 Å². The number of halogens is 2. The summed E-state index contributed by atoms with van der Waals surface area (Å²) in [5.41, 5.74) is 9.36. The van der Waals surface area contributed by atoms with Crippen LogP contribution in [0.15, 0.2) is 42.7 Å². The highest BCUT2D eigenvalue weighted by molar-refractivity contribution is 5.83. The molecule has 0 spiro atoms. The van der Waals surface area contributed by atoms with Gasteiger partial charge in [-0.05, 0) is 67.3 Å². The van der Waals surface area contributed by atoms with Gasteiger partial charge in [0.25, 0.3) is 0 Å². The van der Waals surface area contributed by atoms with Crippen LogP contribution in [0.3, 0.4) is 0 Å². The Morgan fingerprint density at radius 2 is 1.62 bits per heavy atom. The number of carbonyl (C=O) groups is 2. The number of aromatic nitrogens is 4. The first kappa shape index (κ1) is 38.2. The largest absolute Gasteiger partial charge is 0.457 e. The molecule has 0 radical (unpaired) electrons. The van der Waals surface area contributed by atoms with Gasteiger partial charge < -0.3 is 35.3 Å². The van der Waals surface area contributed by atoms with E-state index in [1.165, 1.54) is 17.2 Å². The van der Waals surface area contributed by atoms with E-state index in [4.69, 9.17) is 15.5 Å². The number of aromatic amines is 2. The number of likely N-dealkylation sites (tertiary alicyclic amines) is 2. The van der Waals surface area contributed by atoms with Crippen molar-refractivity contribution < 1.29 is 28.2 Å². The topological polar surface area (TPSA) is 165 Å². The Balaban J connectivity index is 1.04. The molecule has 6 N–H and O–H groups in total. The van der Waals surface area contributed by atoms with Crippen molar-refractivity contribution in [1.82, 2.24) is 35.1 Å². The number of carbonyl (C=O) groups excluding carboxylic acids is 2. The van der Waals surface area contributed by atoms with Crippen LogP contribution in [0.25, 0.3) is 22.5 Å². The van der Waals surface area contributed by atoms with Crippen molar-refractivity contribution in [2.45, 2.75) is 103 Å². The molecule has 2 amide bonds. The third kappa shape index (κ3) is 6.58. The molecule has 0 bridgehead atoms. The van der Waals surface area contributed by atoms with E-state index in [2.05, 4.69) is 20.3 Å². The summed E-state index contributed by atoms with van der Waals surface area (Å²) >= 11 is 0. The molecule has 298 valence electrons. The van der Waals surface area contributed by atoms with Crippen molar-refractivity contribution in [2.24, 2.45) is 29.4 Å². The molecule has 8 unspecified atom stereocenters. The first-order valence-electron chi connectivity index (χ1n) is 19.7. The van der Waals surface area contributed by atoms with Crippen LogP contribution in [0.2, 0.25) is 0 Å². The van der Waals surface area contributed by atoms with E-state index >= 15 is 4.39 Å². The lowest BCUT2D eigenvalue weighted by atomic mass is 9.75. The van der Waals surface area contributed by atoms with Crippen LogP contribution in [0, 0.1) is 29.5 Å². The van der Waals surface area contributed by atoms with Crippen molar-refractivity contribution in [3.63, 3.8) is 0 Å². The first-order chi connectivity index (χ1) is 26.5. The zero-order chi connectivity index (χ0) is 40.0. The number of fused-ring (bicyclic) bond motifs is 3. The highest BCUT2D eigenvalue weighted by Gasteiger charge is 2.56. The molecule has 1 saturated carbocycles. The normalized spacial score (nSPS) is 25.1. The Labute approximate surface area is 325 Å². The van der Waals surface area contributed by atoms with Crippen molar-refractivity contribution in [3.8, 4) is 34.0 Å². The summed E-state index contributed by atoms with van der Waals surface area (Å²) in [6.07, 6.45) is 2.41. The number of hydrogen-bond acceptors (Lipinski definition) is 8. The lowest BCUT2D eigenvalue weighted by Crippen LogP contribution is -2.52. The smallest absolute Gasteiger partial charge is 0.240 e. The fourth-order valence-corrected chi connectivity index (χ4v) is 8.94. The summed E-state index contributed by atoms with van der Waals surface area (Å²) in [7, 11) is 0. The van der Waals surface area contributed by atoms with Crippen LogP contribution in [-0.4, -0.2) is 84.2 Å². The number of alkyl halides is 1. The minimum absolute atomic E-state index is 0.000983. The first-order valence-corrected chi connectivity index (χ1v) is 19.7. The molecule has 3 aliphatic heterocycles. The van der Waals surface area contributed by atoms with Crippen LogP contribution in [0.4, 0.5) is 8.78 Å². The maximum atomic E-state index is 16.1. The van der Waals surface area contributed by atoms with Gasteiger partial charge in [0, 0.05) is 40.6 Å². The average Bonchev–Trinajstić information content (AvgIpc) is 3.62. The number of H-pyrrole nitrogens is 2. The van der Waals surface area contributed by atoms with Gasteiger partial charge in [0.2, 0.25) is 11.8 Å². The molecule has 12 nitrogen and oxygen atoms in total. The summed E-state index contributed by atoms with van der Waals surface area (Å²) in [5, 5.41) is 13.1. The van der Waals surface area contributed by atoms with Crippen LogP contribution in [0.1, 0.15) is 96.2 Å². The molecule has 5 heterocycles. The summed E-state index contributed by atoms with van der Waals surface area (Å²) in [5.74, 6) is 2.10. The second kappa shape index (κ2) is 14.1. The van der Waals surface area contributed by atoms with E-state index in [9.17, 15) is 19.1 Å². The summed E-state index contributed by atoms with van der Waals surface area (Å²) in [6.45, 7) is 13.9. The van der Waals surface area contributed by atoms with Gasteiger partial charge >= 0.3 is 0 Å². The van der Waals surface area contributed by atoms with E-state index in [0.29, 0.717) is 47.0 Å². The molecule has 4 aromatic rings. The fourth-order valence-electron chi connectivity index (χ4n) is 8.94. The average molecular weight is 771 g/mol. The Morgan fingerprint density at radius 3 is 2.34 bits per heavy atom. The maximum Gasteiger partial charge on any atom is 0.240 e. The molecule has 2 aromatic carbocycles. The number of nitrogens with two attached hydrogens (primary N) is 1. The van der Waals surface area contributed by atoms with Gasteiger partial charge in [0.15, 0.2) is 0 Å². The number of hydrogen-bond donors (Lipinski definition) is 5. The lowest BCUT2D eigenvalue weighted by Gasteiger charge is -2.35. The molecule has 8 atom stereocenters. The molecule has 14 heteroatoms. The van der Waals surface area contributed by atoms with Crippen molar-refractivity contribution in [2.75, 3.05) is 13.1 Å². The highest BCUT2D eigenvalue weighted by atomic mass is 19.1. The van der Waals surface area contributed by atoms with Gasteiger partial charge in [0.1, 0.15) is 41.4 Å². The molecule has 3 fully saturated rings. The molecule has 4 aliphatic rings. The van der Waals surface area contributed by atoms with Gasteiger partial charge in [-0.3, -0.25) is 14.9 Å². The van der Waals surface area contributed by atoms with Gasteiger partial charge in [-0.2, -0.15) is 0 Å². The quantitative estimate of drug-likeness (QED) is 0.121. The second-order valence-corrected chi connectivity index (χ2v) is 17.4. The summed E-state index contributed by atoms with van der Waals surface area (Å²) < 4.78 is 37.2. The van der Waals surface area contributed by atoms with Crippen LogP contribution < -0.4 is 15.8 Å². The minimum Gasteiger partial charge on any atom is -0.457 e. The molecule has 56 heavy (non-hydrogen) atoms. The van der Waals surface area contributed by atoms with E-state index in [-0.39, 0.29) is 48.2 Å². The van der Waals surface area contributed by atoms with Crippen molar-refractivity contribution in [3.05, 3.63) is 71.3 Å². The van der Waals surface area contributed by atoms with E-state index in [0.717, 1.165) is 29.1 Å². The Morgan fingerprint density at radius 1 is 0.929 bits per heavy atom. The minimum atomic E-state index is -1.22. The number of benzene rings is 2. The number of ether oxygens (including phenoxy) is 1. The molecular formula is C42H52F2N8O4. The number of nitrogens with zero attached hydrogens (tertiary/aromatic N) is 4. The Kier molecular flexibility index (Phi) is 9.60. The maximum absolute atomic E-state index is 16.1. The third-order valence-electron chi connectivity index (χ3n) is 12.3. The summed E-state index contributed by atoms with van der Waals surface area (Å²) in [6, 6.07) is 6.98. The monoisotopic (exact) mass is 770 g/mol. The molecule has 1 aliphatic carbocycles. The highest BCUT2D eigenvalue weighted by Crippen LogP contribution is 2.56. The second-order valence-electron chi connectivity index (χ2n) is 17.4. The number of aliphatic hydroxyl groups excluding tert-OH is 1. The van der Waals surface area contributed by atoms with Crippen LogP contribution in [-0.2, 0) is 15.0 Å². The van der Waals surface area contributed by atoms with Gasteiger partial charge in [-0.15, -0.1) is 0 Å². The predicted molar refractivity (Wildman–Crippen MR) is 206 cm³/mol. The van der Waals surface area contributed by atoms with E-state index in [1.807, 2.05) is 64.6 Å². The zero-order valence-corrected chi connectivity index (χ0v) is 32.9. The lowest BCUT2D eigenvalue weighted by molar-refractivity contribution is -0.137. The van der Waals surface area contributed by atoms with Crippen molar-refractivity contribution >= 4 is 11.8 Å². The molecular weight excluding hydrogens is 719 g/mol. The zero-order valence-electron chi connectivity index (χ0n) is 32.9. The number of rotatable bonds is 10.